The van der Waals surface area contributed by atoms with Crippen molar-refractivity contribution in [2.75, 3.05) is 40.3 Å². The number of carbonyl (C=O) groups excluding carboxylic acids is 3. The molecule has 0 spiro atoms. The Morgan fingerprint density at radius 1 is 0.714 bits per heavy atom. The fraction of sp³-hybridized carbons (Fsp3) is 0.895. The molecule has 0 aliphatic carbocycles. The van der Waals surface area contributed by atoms with Crippen molar-refractivity contribution in [3.63, 3.8) is 0 Å². The third-order valence-corrected chi connectivity index (χ3v) is 13.3. The number of nitrogens with one attached hydrogen (secondary N) is 1. The van der Waals surface area contributed by atoms with Gasteiger partial charge in [0, 0.05) is 55.1 Å². The van der Waals surface area contributed by atoms with Crippen molar-refractivity contribution in [2.24, 2.45) is 33.5 Å². The molecule has 4 rings (SSSR count). The van der Waals surface area contributed by atoms with Gasteiger partial charge in [-0.05, 0) is 133 Å². The van der Waals surface area contributed by atoms with Crippen LogP contribution in [-0.4, -0.2) is 112 Å². The molecule has 0 aromatic carbocycles. The third kappa shape index (κ3) is 9.26. The first-order valence-electron chi connectivity index (χ1n) is 18.2. The normalized spacial score (nSPS) is 27.3. The average molecular weight is 685 g/mol. The van der Waals surface area contributed by atoms with Gasteiger partial charge in [0.15, 0.2) is 0 Å². The van der Waals surface area contributed by atoms with Crippen LogP contribution in [0.4, 0.5) is 0 Å². The monoisotopic (exact) mass is 685 g/mol. The van der Waals surface area contributed by atoms with Crippen LogP contribution in [0, 0.1) is 33.5 Å². The molecule has 2 unspecified atom stereocenters. The van der Waals surface area contributed by atoms with E-state index in [0.717, 1.165) is 44.2 Å². The van der Waals surface area contributed by atoms with E-state index in [-0.39, 0.29) is 45.6 Å². The summed E-state index contributed by atoms with van der Waals surface area (Å²) < 4.78 is 0. The lowest BCUT2D eigenvalue weighted by Gasteiger charge is -2.43. The Bertz CT molecular complexity index is 1140. The van der Waals surface area contributed by atoms with Gasteiger partial charge in [0.05, 0.1) is 21.7 Å². The molecule has 6 radical (unpaired) electrons. The predicted molar refractivity (Wildman–Crippen MR) is 201 cm³/mol. The molecule has 3 amide bonds. The SMILES string of the molecule is CCC1CCN(C(=O)C(C)(C)C2(C)CC(C)(C)N(C)C2=O)CC1.CCC1CCNCC1.CN1C(=O)C(C)(C(C)(C)C(=O)O)CC1(C)C.[B].[B]. The molecule has 9 nitrogen and oxygen atoms in total. The maximum absolute atomic E-state index is 13.2. The smallest absolute Gasteiger partial charge is 0.310 e. The molecule has 278 valence electrons. The molecule has 2 atom stereocenters. The summed E-state index contributed by atoms with van der Waals surface area (Å²) in [5.41, 5.74) is -3.67. The minimum Gasteiger partial charge on any atom is -0.481 e. The van der Waals surface area contributed by atoms with Crippen LogP contribution in [-0.2, 0) is 19.2 Å². The number of rotatable bonds is 6. The van der Waals surface area contributed by atoms with Crippen molar-refractivity contribution < 1.29 is 24.3 Å². The van der Waals surface area contributed by atoms with E-state index in [1.165, 1.54) is 38.8 Å². The van der Waals surface area contributed by atoms with Gasteiger partial charge in [-0.1, -0.05) is 26.7 Å². The van der Waals surface area contributed by atoms with E-state index in [2.05, 4.69) is 33.0 Å². The van der Waals surface area contributed by atoms with E-state index >= 15 is 0 Å². The second-order valence-electron chi connectivity index (χ2n) is 17.7. The van der Waals surface area contributed by atoms with Crippen molar-refractivity contribution >= 4 is 40.5 Å². The average Bonchev–Trinajstić information content (AvgIpc) is 3.30. The Morgan fingerprint density at radius 2 is 1.06 bits per heavy atom. The Kier molecular flexibility index (Phi) is 16.3. The summed E-state index contributed by atoms with van der Waals surface area (Å²) in [4.78, 5) is 55.2. The number of aliphatic carboxylic acids is 1. The number of piperidine rings is 2. The first kappa shape index (κ1) is 47.0. The van der Waals surface area contributed by atoms with Crippen molar-refractivity contribution in [3.8, 4) is 0 Å². The molecule has 2 N–H and O–H groups in total. The van der Waals surface area contributed by atoms with Crippen LogP contribution in [0.3, 0.4) is 0 Å². The van der Waals surface area contributed by atoms with Crippen LogP contribution in [0.25, 0.3) is 0 Å². The minimum atomic E-state index is -1.05. The standard InChI is InChI=1S/C19H34N2O2.C12H21NO3.C7H15N.2B/c1-8-14-9-11-21(12-10-14)15(22)18(4,5)19(6)13-17(2,3)20(7)16(19)23;1-10(2)7-12(5,8(14)13(10)6)11(3,4)9(15)16;1-2-7-3-5-8-6-4-7;;/h14H,8-13H2,1-7H3;7H2,1-6H3,(H,15,16);7-8H,2-6H2,1H3;;. The maximum atomic E-state index is 13.2. The Morgan fingerprint density at radius 3 is 1.35 bits per heavy atom. The van der Waals surface area contributed by atoms with Crippen molar-refractivity contribution in [1.29, 1.82) is 0 Å². The summed E-state index contributed by atoms with van der Waals surface area (Å²) in [6.45, 7) is 27.7. The van der Waals surface area contributed by atoms with Gasteiger partial charge in [-0.3, -0.25) is 19.2 Å². The van der Waals surface area contributed by atoms with E-state index in [1.807, 2.05) is 51.5 Å². The Hall–Kier alpha value is -2.03. The fourth-order valence-corrected chi connectivity index (χ4v) is 8.09. The van der Waals surface area contributed by atoms with Crippen LogP contribution in [0.5, 0.6) is 0 Å². The molecule has 0 aromatic rings. The lowest BCUT2D eigenvalue weighted by Crippen LogP contribution is -2.53. The maximum Gasteiger partial charge on any atom is 0.310 e. The van der Waals surface area contributed by atoms with Crippen LogP contribution in [0.2, 0.25) is 0 Å². The summed E-state index contributed by atoms with van der Waals surface area (Å²) >= 11 is 0. The molecule has 0 saturated carbocycles. The number of nitrogens with zero attached hydrogens (tertiary/aromatic N) is 3. The van der Waals surface area contributed by atoms with Gasteiger partial charge in [-0.15, -0.1) is 0 Å². The number of carbonyl (C=O) groups is 4. The predicted octanol–water partition coefficient (Wildman–Crippen LogP) is 5.69. The van der Waals surface area contributed by atoms with Gasteiger partial charge in [-0.25, -0.2) is 0 Å². The number of carboxylic acid groups (broad SMARTS) is 1. The van der Waals surface area contributed by atoms with Crippen LogP contribution in [0.15, 0.2) is 0 Å². The number of hydrogen-bond acceptors (Lipinski definition) is 5. The summed E-state index contributed by atoms with van der Waals surface area (Å²) in [6.07, 6.45) is 8.84. The van der Waals surface area contributed by atoms with Crippen molar-refractivity contribution in [2.45, 2.75) is 146 Å². The Balaban J connectivity index is 0.000000769. The topological polar surface area (TPSA) is 110 Å². The summed E-state index contributed by atoms with van der Waals surface area (Å²) in [5, 5.41) is 12.6. The van der Waals surface area contributed by atoms with Gasteiger partial charge in [0.25, 0.3) is 0 Å². The van der Waals surface area contributed by atoms with Crippen LogP contribution >= 0.6 is 0 Å². The van der Waals surface area contributed by atoms with Crippen LogP contribution in [0.1, 0.15) is 134 Å². The van der Waals surface area contributed by atoms with Gasteiger partial charge >= 0.3 is 5.97 Å². The van der Waals surface area contributed by atoms with E-state index in [1.54, 1.807) is 32.7 Å². The van der Waals surface area contributed by atoms with Gasteiger partial charge in [0.1, 0.15) is 0 Å². The Labute approximate surface area is 303 Å². The van der Waals surface area contributed by atoms with Gasteiger partial charge in [0.2, 0.25) is 17.7 Å². The van der Waals surface area contributed by atoms with E-state index in [9.17, 15) is 24.3 Å². The molecule has 4 aliphatic rings. The molecule has 11 heteroatoms. The molecule has 4 saturated heterocycles. The van der Waals surface area contributed by atoms with E-state index < -0.39 is 27.6 Å². The molecule has 49 heavy (non-hydrogen) atoms. The molecule has 0 aromatic heterocycles. The lowest BCUT2D eigenvalue weighted by molar-refractivity contribution is -0.160. The minimum absolute atomic E-state index is 0. The zero-order valence-electron chi connectivity index (χ0n) is 33.7. The second-order valence-corrected chi connectivity index (χ2v) is 17.7. The molecule has 4 fully saturated rings. The summed E-state index contributed by atoms with van der Waals surface area (Å²) in [6, 6.07) is 0. The molecule has 0 bridgehead atoms. The van der Waals surface area contributed by atoms with Crippen molar-refractivity contribution in [3.05, 3.63) is 0 Å². The molecule has 4 aliphatic heterocycles. The number of likely N-dealkylation sites (tertiary alicyclic amines) is 3. The highest BCUT2D eigenvalue weighted by molar-refractivity contribution is 5.95. The summed E-state index contributed by atoms with van der Waals surface area (Å²) in [5.74, 6) is 1.02. The number of carboxylic acids is 1. The quantitative estimate of drug-likeness (QED) is 0.349. The highest BCUT2D eigenvalue weighted by Gasteiger charge is 2.62. The number of amides is 3. The molecular formula is C38H70B2N4O5. The fourth-order valence-electron chi connectivity index (χ4n) is 8.09. The van der Waals surface area contributed by atoms with Gasteiger partial charge < -0.3 is 25.1 Å². The number of hydrogen-bond donors (Lipinski definition) is 2. The van der Waals surface area contributed by atoms with Crippen molar-refractivity contribution in [1.82, 2.24) is 20.0 Å². The van der Waals surface area contributed by atoms with Crippen LogP contribution < -0.4 is 5.32 Å². The zero-order chi connectivity index (χ0) is 36.4. The first-order valence-corrected chi connectivity index (χ1v) is 18.2. The second kappa shape index (κ2) is 17.0. The molecular weight excluding hydrogens is 614 g/mol. The van der Waals surface area contributed by atoms with E-state index in [4.69, 9.17) is 0 Å². The third-order valence-electron chi connectivity index (χ3n) is 13.3. The lowest BCUT2D eigenvalue weighted by atomic mass is 9.63. The van der Waals surface area contributed by atoms with Gasteiger partial charge in [-0.2, -0.15) is 0 Å². The largest absolute Gasteiger partial charge is 0.481 e. The van der Waals surface area contributed by atoms with E-state index in [0.29, 0.717) is 6.42 Å². The zero-order valence-corrected chi connectivity index (χ0v) is 33.7. The summed E-state index contributed by atoms with van der Waals surface area (Å²) in [7, 11) is 3.60. The molecule has 4 heterocycles. The highest BCUT2D eigenvalue weighted by Crippen LogP contribution is 2.54. The highest BCUT2D eigenvalue weighted by atomic mass is 16.4. The first-order chi connectivity index (χ1) is 21.4.